The van der Waals surface area contributed by atoms with E-state index in [0.29, 0.717) is 0 Å². The molecule has 0 radical (unpaired) electrons. The molecule has 0 spiro atoms. The Morgan fingerprint density at radius 1 is 1.07 bits per heavy atom. The largest absolute Gasteiger partial charge is 0.488 e. The number of hydrogen-bond acceptors (Lipinski definition) is 5. The van der Waals surface area contributed by atoms with Crippen molar-refractivity contribution in [3.05, 3.63) is 57.6 Å². The summed E-state index contributed by atoms with van der Waals surface area (Å²) in [6.07, 6.45) is -0.953. The van der Waals surface area contributed by atoms with E-state index in [1.165, 1.54) is 31.4 Å². The first kappa shape index (κ1) is 24.6. The van der Waals surface area contributed by atoms with Crippen LogP contribution in [-0.2, 0) is 15.5 Å². The standard InChI is InChI=1S/C20H19Cl3F2O5/c1-28-9-15(27)11-29-16-4-2-12(3-5-16)20(24,25)13-6-17(22)19(18(23)7-13)30-10-14(26)8-21/h2-7,14,26H,8-11H2,1H3/t14-/m0/s1. The SMILES string of the molecule is COCC(=O)COc1ccc(C(F)(F)c2cc(Cl)c(OC[C@@H](O)CCl)c(Cl)c2)cc1. The highest BCUT2D eigenvalue weighted by Gasteiger charge is 2.35. The molecule has 0 aromatic heterocycles. The van der Waals surface area contributed by atoms with Crippen molar-refractivity contribution in [1.82, 2.24) is 0 Å². The Balaban J connectivity index is 2.17. The summed E-state index contributed by atoms with van der Waals surface area (Å²) in [4.78, 5) is 11.4. The summed E-state index contributed by atoms with van der Waals surface area (Å²) in [7, 11) is 1.38. The molecule has 0 fully saturated rings. The number of rotatable bonds is 11. The molecular formula is C20H19Cl3F2O5. The zero-order valence-corrected chi connectivity index (χ0v) is 18.1. The van der Waals surface area contributed by atoms with Gasteiger partial charge in [-0.1, -0.05) is 23.2 Å². The Labute approximate surface area is 187 Å². The molecule has 2 aromatic rings. The zero-order valence-electron chi connectivity index (χ0n) is 15.8. The van der Waals surface area contributed by atoms with Crippen molar-refractivity contribution >= 4 is 40.6 Å². The van der Waals surface area contributed by atoms with Crippen molar-refractivity contribution in [2.45, 2.75) is 12.0 Å². The molecule has 0 unspecified atom stereocenters. The van der Waals surface area contributed by atoms with Gasteiger partial charge in [-0.2, -0.15) is 8.78 Å². The van der Waals surface area contributed by atoms with Gasteiger partial charge < -0.3 is 19.3 Å². The molecule has 1 N–H and O–H groups in total. The fraction of sp³-hybridized carbons (Fsp3) is 0.350. The van der Waals surface area contributed by atoms with Crippen LogP contribution < -0.4 is 9.47 Å². The first-order valence-electron chi connectivity index (χ1n) is 8.67. The number of Topliss-reactive ketones (excluding diaryl/α,β-unsaturated/α-hetero) is 1. The van der Waals surface area contributed by atoms with Crippen molar-refractivity contribution in [3.63, 3.8) is 0 Å². The van der Waals surface area contributed by atoms with Gasteiger partial charge in [0.2, 0.25) is 0 Å². The van der Waals surface area contributed by atoms with E-state index >= 15 is 0 Å². The van der Waals surface area contributed by atoms with Crippen LogP contribution in [0.25, 0.3) is 0 Å². The maximum absolute atomic E-state index is 15.0. The summed E-state index contributed by atoms with van der Waals surface area (Å²) in [6.45, 7) is -0.510. The second-order valence-corrected chi connectivity index (χ2v) is 7.37. The lowest BCUT2D eigenvalue weighted by atomic mass is 10.00. The van der Waals surface area contributed by atoms with Gasteiger partial charge in [0.05, 0.1) is 15.9 Å². The molecule has 164 valence electrons. The quantitative estimate of drug-likeness (QED) is 0.469. The van der Waals surface area contributed by atoms with Crippen LogP contribution in [0, 0.1) is 0 Å². The summed E-state index contributed by atoms with van der Waals surface area (Å²) in [5, 5.41) is 9.19. The average molecular weight is 484 g/mol. The molecule has 0 aliphatic heterocycles. The number of carbonyl (C=O) groups is 1. The van der Waals surface area contributed by atoms with Gasteiger partial charge in [-0.25, -0.2) is 0 Å². The number of benzene rings is 2. The summed E-state index contributed by atoms with van der Waals surface area (Å²) in [5.74, 6) is -3.52. The van der Waals surface area contributed by atoms with Crippen molar-refractivity contribution in [2.75, 3.05) is 32.8 Å². The molecule has 0 heterocycles. The van der Waals surface area contributed by atoms with E-state index in [2.05, 4.69) is 4.74 Å². The van der Waals surface area contributed by atoms with Crippen molar-refractivity contribution < 1.29 is 32.9 Å². The van der Waals surface area contributed by atoms with Crippen LogP contribution >= 0.6 is 34.8 Å². The number of carbonyl (C=O) groups excluding carboxylic acids is 1. The Kier molecular flexibility index (Phi) is 9.12. The van der Waals surface area contributed by atoms with Crippen molar-refractivity contribution in [2.24, 2.45) is 0 Å². The molecule has 1 atom stereocenters. The Morgan fingerprint density at radius 2 is 1.67 bits per heavy atom. The smallest absolute Gasteiger partial charge is 0.298 e. The molecule has 5 nitrogen and oxygen atoms in total. The number of aliphatic hydroxyl groups is 1. The molecular weight excluding hydrogens is 465 g/mol. The van der Waals surface area contributed by atoms with Crippen molar-refractivity contribution in [3.8, 4) is 11.5 Å². The van der Waals surface area contributed by atoms with Crippen LogP contribution in [0.5, 0.6) is 11.5 Å². The van der Waals surface area contributed by atoms with E-state index in [1.807, 2.05) is 0 Å². The zero-order chi connectivity index (χ0) is 22.3. The highest BCUT2D eigenvalue weighted by atomic mass is 35.5. The Morgan fingerprint density at radius 3 is 2.20 bits per heavy atom. The summed E-state index contributed by atoms with van der Waals surface area (Å²) in [6, 6.07) is 7.11. The summed E-state index contributed by atoms with van der Waals surface area (Å²) in [5.41, 5.74) is -0.761. The average Bonchev–Trinajstić information content (AvgIpc) is 2.71. The van der Waals surface area contributed by atoms with Gasteiger partial charge in [0.1, 0.15) is 31.7 Å². The Bertz CT molecular complexity index is 839. The van der Waals surface area contributed by atoms with E-state index in [9.17, 15) is 18.7 Å². The van der Waals surface area contributed by atoms with Crippen LogP contribution in [-0.4, -0.2) is 49.8 Å². The van der Waals surface area contributed by atoms with Gasteiger partial charge in [0.25, 0.3) is 5.92 Å². The minimum atomic E-state index is -3.41. The number of aliphatic hydroxyl groups excluding tert-OH is 1. The predicted octanol–water partition coefficient (Wildman–Crippen LogP) is 4.71. The number of halogens is 5. The predicted molar refractivity (Wildman–Crippen MR) is 110 cm³/mol. The monoisotopic (exact) mass is 482 g/mol. The van der Waals surface area contributed by atoms with Gasteiger partial charge in [0.15, 0.2) is 11.5 Å². The van der Waals surface area contributed by atoms with E-state index in [1.54, 1.807) is 0 Å². The van der Waals surface area contributed by atoms with Gasteiger partial charge in [-0.3, -0.25) is 4.79 Å². The first-order chi connectivity index (χ1) is 14.2. The van der Waals surface area contributed by atoms with Gasteiger partial charge >= 0.3 is 0 Å². The lowest BCUT2D eigenvalue weighted by molar-refractivity contribution is -0.124. The number of ketones is 1. The highest BCUT2D eigenvalue weighted by Crippen LogP contribution is 2.42. The molecule has 0 saturated carbocycles. The third-order valence-corrected chi connectivity index (χ3v) is 4.80. The van der Waals surface area contributed by atoms with E-state index < -0.39 is 17.6 Å². The van der Waals surface area contributed by atoms with E-state index in [0.717, 1.165) is 12.1 Å². The van der Waals surface area contributed by atoms with Gasteiger partial charge in [-0.15, -0.1) is 11.6 Å². The second kappa shape index (κ2) is 11.1. The number of ether oxygens (including phenoxy) is 3. The topological polar surface area (TPSA) is 65.0 Å². The molecule has 30 heavy (non-hydrogen) atoms. The van der Waals surface area contributed by atoms with Crippen LogP contribution in [0.2, 0.25) is 10.0 Å². The van der Waals surface area contributed by atoms with E-state index in [4.69, 9.17) is 44.3 Å². The molecule has 10 heteroatoms. The van der Waals surface area contributed by atoms with Crippen LogP contribution in [0.15, 0.2) is 36.4 Å². The van der Waals surface area contributed by atoms with Crippen LogP contribution in [0.1, 0.15) is 11.1 Å². The van der Waals surface area contributed by atoms with E-state index in [-0.39, 0.29) is 58.6 Å². The molecule has 2 rings (SSSR count). The summed E-state index contributed by atoms with van der Waals surface area (Å²) >= 11 is 17.6. The van der Waals surface area contributed by atoms with Gasteiger partial charge in [-0.05, 0) is 36.4 Å². The Hall–Kier alpha value is -1.64. The number of methoxy groups -OCH3 is 1. The molecule has 0 saturated heterocycles. The van der Waals surface area contributed by atoms with Crippen molar-refractivity contribution in [1.29, 1.82) is 0 Å². The fourth-order valence-electron chi connectivity index (χ4n) is 2.40. The second-order valence-electron chi connectivity index (χ2n) is 6.25. The third kappa shape index (κ3) is 6.43. The minimum Gasteiger partial charge on any atom is -0.488 e. The van der Waals surface area contributed by atoms with Crippen LogP contribution in [0.4, 0.5) is 8.78 Å². The number of alkyl halides is 3. The minimum absolute atomic E-state index is 0.0217. The third-order valence-electron chi connectivity index (χ3n) is 3.88. The maximum atomic E-state index is 15.0. The van der Waals surface area contributed by atoms with Crippen LogP contribution in [0.3, 0.4) is 0 Å². The highest BCUT2D eigenvalue weighted by molar-refractivity contribution is 6.37. The molecule has 0 amide bonds. The molecule has 0 aliphatic carbocycles. The normalized spacial score (nSPS) is 12.5. The fourth-order valence-corrected chi connectivity index (χ4v) is 3.08. The molecule has 2 aromatic carbocycles. The first-order valence-corrected chi connectivity index (χ1v) is 9.96. The lowest BCUT2D eigenvalue weighted by Crippen LogP contribution is -2.19. The maximum Gasteiger partial charge on any atom is 0.298 e. The molecule has 0 aliphatic rings. The molecule has 0 bridgehead atoms. The summed E-state index contributed by atoms with van der Waals surface area (Å²) < 4.78 is 45.1. The lowest BCUT2D eigenvalue weighted by Gasteiger charge is -2.20. The number of hydrogen-bond donors (Lipinski definition) is 1. The van der Waals surface area contributed by atoms with Gasteiger partial charge in [0, 0.05) is 18.2 Å².